The van der Waals surface area contributed by atoms with E-state index in [2.05, 4.69) is 15.1 Å². The zero-order chi connectivity index (χ0) is 16.8. The molecule has 0 aliphatic carbocycles. The minimum Gasteiger partial charge on any atom is -0.313 e. The van der Waals surface area contributed by atoms with Gasteiger partial charge < -0.3 is 4.57 Å². The van der Waals surface area contributed by atoms with E-state index in [1.807, 2.05) is 79.7 Å². The minimum atomic E-state index is -0.132. The summed E-state index contributed by atoms with van der Waals surface area (Å²) in [5.41, 5.74) is 6.64. The fourth-order valence-corrected chi connectivity index (χ4v) is 2.58. The summed E-state index contributed by atoms with van der Waals surface area (Å²) in [6.07, 6.45) is 1.99. The van der Waals surface area contributed by atoms with Crippen LogP contribution in [-0.2, 0) is 11.2 Å². The van der Waals surface area contributed by atoms with Crippen molar-refractivity contribution in [3.8, 4) is 5.69 Å². The van der Waals surface area contributed by atoms with E-state index in [1.165, 1.54) is 0 Å². The second-order valence-electron chi connectivity index (χ2n) is 5.53. The molecule has 3 rings (SSSR count). The Morgan fingerprint density at radius 2 is 1.67 bits per heavy atom. The molecule has 1 aromatic heterocycles. The van der Waals surface area contributed by atoms with Gasteiger partial charge in [0, 0.05) is 11.4 Å². The fraction of sp³-hybridized carbons (Fsp3) is 0.100. The van der Waals surface area contributed by atoms with Crippen molar-refractivity contribution in [2.24, 2.45) is 5.10 Å². The molecule has 4 heteroatoms. The van der Waals surface area contributed by atoms with Crippen molar-refractivity contribution >= 4 is 12.1 Å². The van der Waals surface area contributed by atoms with Gasteiger partial charge in [-0.25, -0.2) is 5.43 Å². The predicted molar refractivity (Wildman–Crippen MR) is 96.4 cm³/mol. The molecule has 1 heterocycles. The number of hydrazone groups is 1. The van der Waals surface area contributed by atoms with E-state index in [4.69, 9.17) is 0 Å². The molecule has 0 radical (unpaired) electrons. The average Bonchev–Trinajstić information content (AvgIpc) is 2.97. The summed E-state index contributed by atoms with van der Waals surface area (Å²) in [5.74, 6) is -0.132. The van der Waals surface area contributed by atoms with Gasteiger partial charge in [0.05, 0.1) is 18.3 Å². The number of aryl methyl sites for hydroxylation is 1. The summed E-state index contributed by atoms with van der Waals surface area (Å²) in [7, 11) is 0. The molecule has 3 aromatic rings. The molecule has 1 amide bonds. The highest BCUT2D eigenvalue weighted by Crippen LogP contribution is 2.15. The Morgan fingerprint density at radius 1 is 1.00 bits per heavy atom. The quantitative estimate of drug-likeness (QED) is 0.568. The van der Waals surface area contributed by atoms with E-state index in [0.717, 1.165) is 22.6 Å². The SMILES string of the molecule is Cc1ccc(/C=N/NC(=O)Cc2ccccc2)n1-c1ccccc1. The van der Waals surface area contributed by atoms with Crippen molar-refractivity contribution in [3.63, 3.8) is 0 Å². The lowest BCUT2D eigenvalue weighted by atomic mass is 10.1. The number of hydrogen-bond acceptors (Lipinski definition) is 2. The van der Waals surface area contributed by atoms with Crippen LogP contribution in [0, 0.1) is 6.92 Å². The van der Waals surface area contributed by atoms with Crippen molar-refractivity contribution in [2.45, 2.75) is 13.3 Å². The average molecular weight is 317 g/mol. The second kappa shape index (κ2) is 7.42. The van der Waals surface area contributed by atoms with Gasteiger partial charge in [-0.1, -0.05) is 48.5 Å². The number of carbonyl (C=O) groups is 1. The lowest BCUT2D eigenvalue weighted by Crippen LogP contribution is -2.20. The van der Waals surface area contributed by atoms with Crippen molar-refractivity contribution in [1.29, 1.82) is 0 Å². The number of benzene rings is 2. The first-order chi connectivity index (χ1) is 11.7. The number of carbonyl (C=O) groups excluding carboxylic acids is 1. The standard InChI is InChI=1S/C20H19N3O/c1-16-12-13-19(23(16)18-10-6-3-7-11-18)15-21-22-20(24)14-17-8-4-2-5-9-17/h2-13,15H,14H2,1H3,(H,22,24)/b21-15+. The van der Waals surface area contributed by atoms with Gasteiger partial charge >= 0.3 is 0 Å². The summed E-state index contributed by atoms with van der Waals surface area (Å²) in [6.45, 7) is 2.04. The second-order valence-corrected chi connectivity index (χ2v) is 5.53. The maximum atomic E-state index is 11.9. The minimum absolute atomic E-state index is 0.132. The molecule has 4 nitrogen and oxygen atoms in total. The Hall–Kier alpha value is -3.14. The molecule has 0 saturated carbocycles. The van der Waals surface area contributed by atoms with Gasteiger partial charge in [0.15, 0.2) is 0 Å². The lowest BCUT2D eigenvalue weighted by Gasteiger charge is -2.08. The maximum absolute atomic E-state index is 11.9. The summed E-state index contributed by atoms with van der Waals surface area (Å²) in [6, 6.07) is 23.7. The van der Waals surface area contributed by atoms with Crippen molar-refractivity contribution < 1.29 is 4.79 Å². The highest BCUT2D eigenvalue weighted by atomic mass is 16.2. The van der Waals surface area contributed by atoms with Crippen LogP contribution in [0.25, 0.3) is 5.69 Å². The molecule has 24 heavy (non-hydrogen) atoms. The smallest absolute Gasteiger partial charge is 0.244 e. The van der Waals surface area contributed by atoms with Gasteiger partial charge in [-0.2, -0.15) is 5.10 Å². The van der Waals surface area contributed by atoms with Gasteiger partial charge in [-0.3, -0.25) is 4.79 Å². The van der Waals surface area contributed by atoms with Crippen LogP contribution in [0.4, 0.5) is 0 Å². The van der Waals surface area contributed by atoms with Gasteiger partial charge in [0.25, 0.3) is 0 Å². The van der Waals surface area contributed by atoms with Crippen molar-refractivity contribution in [2.75, 3.05) is 0 Å². The molecule has 2 aromatic carbocycles. The number of para-hydroxylation sites is 1. The van der Waals surface area contributed by atoms with Gasteiger partial charge in [-0.05, 0) is 36.8 Å². The summed E-state index contributed by atoms with van der Waals surface area (Å²) in [5, 5.41) is 4.09. The monoisotopic (exact) mass is 317 g/mol. The third-order valence-electron chi connectivity index (χ3n) is 3.71. The van der Waals surface area contributed by atoms with Crippen molar-refractivity contribution in [1.82, 2.24) is 9.99 Å². The molecule has 0 bridgehead atoms. The van der Waals surface area contributed by atoms with E-state index in [-0.39, 0.29) is 5.91 Å². The van der Waals surface area contributed by atoms with Crippen LogP contribution in [-0.4, -0.2) is 16.7 Å². The number of nitrogens with zero attached hydrogens (tertiary/aromatic N) is 2. The summed E-state index contributed by atoms with van der Waals surface area (Å²) in [4.78, 5) is 11.9. The molecule has 0 atom stereocenters. The zero-order valence-corrected chi connectivity index (χ0v) is 13.5. The molecule has 120 valence electrons. The lowest BCUT2D eigenvalue weighted by molar-refractivity contribution is -0.120. The molecule has 0 unspecified atom stereocenters. The summed E-state index contributed by atoms with van der Waals surface area (Å²) >= 11 is 0. The van der Waals surface area contributed by atoms with E-state index in [9.17, 15) is 4.79 Å². The number of hydrogen-bond donors (Lipinski definition) is 1. The fourth-order valence-electron chi connectivity index (χ4n) is 2.58. The van der Waals surface area contributed by atoms with Crippen LogP contribution in [0.2, 0.25) is 0 Å². The highest BCUT2D eigenvalue weighted by molar-refractivity contribution is 5.83. The number of aromatic nitrogens is 1. The van der Waals surface area contributed by atoms with Gasteiger partial charge in [0.2, 0.25) is 5.91 Å². The largest absolute Gasteiger partial charge is 0.313 e. The highest BCUT2D eigenvalue weighted by Gasteiger charge is 2.05. The zero-order valence-electron chi connectivity index (χ0n) is 13.5. The molecule has 0 spiro atoms. The van der Waals surface area contributed by atoms with Gasteiger partial charge in [-0.15, -0.1) is 0 Å². The normalized spacial score (nSPS) is 10.9. The molecule has 0 aliphatic heterocycles. The van der Waals surface area contributed by atoms with E-state index >= 15 is 0 Å². The first-order valence-corrected chi connectivity index (χ1v) is 7.83. The molecular weight excluding hydrogens is 298 g/mol. The molecule has 0 aliphatic rings. The third kappa shape index (κ3) is 3.79. The van der Waals surface area contributed by atoms with Crippen LogP contribution >= 0.6 is 0 Å². The number of rotatable bonds is 5. The number of nitrogens with one attached hydrogen (secondary N) is 1. The van der Waals surface area contributed by atoms with Crippen molar-refractivity contribution in [3.05, 3.63) is 89.7 Å². The van der Waals surface area contributed by atoms with Crippen LogP contribution in [0.1, 0.15) is 17.0 Å². The molecule has 0 fully saturated rings. The van der Waals surface area contributed by atoms with Crippen LogP contribution < -0.4 is 5.43 Å². The summed E-state index contributed by atoms with van der Waals surface area (Å²) < 4.78 is 2.09. The first-order valence-electron chi connectivity index (χ1n) is 7.83. The molecule has 1 N–H and O–H groups in total. The third-order valence-corrected chi connectivity index (χ3v) is 3.71. The van der Waals surface area contributed by atoms with Gasteiger partial charge in [0.1, 0.15) is 0 Å². The predicted octanol–water partition coefficient (Wildman–Crippen LogP) is 3.48. The Bertz CT molecular complexity index is 836. The van der Waals surface area contributed by atoms with E-state index in [1.54, 1.807) is 6.21 Å². The van der Waals surface area contributed by atoms with E-state index < -0.39 is 0 Å². The Kier molecular flexibility index (Phi) is 4.87. The Labute approximate surface area is 141 Å². The van der Waals surface area contributed by atoms with E-state index in [0.29, 0.717) is 6.42 Å². The topological polar surface area (TPSA) is 46.4 Å². The van der Waals surface area contributed by atoms with Crippen LogP contribution in [0.5, 0.6) is 0 Å². The van der Waals surface area contributed by atoms with Crippen LogP contribution in [0.15, 0.2) is 77.9 Å². The van der Waals surface area contributed by atoms with Crippen LogP contribution in [0.3, 0.4) is 0 Å². The molecular formula is C20H19N3O. The Balaban J connectivity index is 1.68. The number of amides is 1. The Morgan fingerprint density at radius 3 is 2.38 bits per heavy atom. The molecule has 0 saturated heterocycles. The maximum Gasteiger partial charge on any atom is 0.244 e. The first kappa shape index (κ1) is 15.7.